The number of nitrogens with zero attached hydrogens (tertiary/aromatic N) is 1. The minimum absolute atomic E-state index is 0.0222. The summed E-state index contributed by atoms with van der Waals surface area (Å²) in [5.41, 5.74) is 2.10. The van der Waals surface area contributed by atoms with E-state index >= 15 is 0 Å². The molecule has 2 unspecified atom stereocenters. The molecular weight excluding hydrogens is 798 g/mol. The Bertz CT molecular complexity index is 1370. The number of phosphoric ester groups is 1. The van der Waals surface area contributed by atoms with Gasteiger partial charge in [0.15, 0.2) is 0 Å². The van der Waals surface area contributed by atoms with E-state index in [0.717, 1.165) is 74.5 Å². The molecule has 4 rings (SSSR count). The SMILES string of the molecule is CCCCCCCCCCCCCCCCOC(COC(=O)O[C@H]1CC[C@@]2(C)C(=CC[C@H]3[C@@H]4CC[C@H]([C@H](C)CCCC(C)C)[C@@]4(C)CC[C@@H]32)C1)COP(=O)([O-])OCC[N+](C)(C)C. The Labute approximate surface area is 381 Å². The van der Waals surface area contributed by atoms with Gasteiger partial charge in [-0.2, -0.15) is 0 Å². The van der Waals surface area contributed by atoms with Crippen LogP contribution < -0.4 is 4.89 Å². The van der Waals surface area contributed by atoms with Gasteiger partial charge >= 0.3 is 6.16 Å². The van der Waals surface area contributed by atoms with Gasteiger partial charge < -0.3 is 32.6 Å². The molecule has 9 nitrogen and oxygen atoms in total. The molecule has 0 aliphatic heterocycles. The van der Waals surface area contributed by atoms with E-state index in [4.69, 9.17) is 23.3 Å². The van der Waals surface area contributed by atoms with Crippen molar-refractivity contribution in [3.63, 3.8) is 0 Å². The summed E-state index contributed by atoms with van der Waals surface area (Å²) in [4.78, 5) is 25.8. The molecule has 4 aliphatic rings. The number of likely N-dealkylation sites (N-methyl/N-ethyl adjacent to an activating group) is 1. The highest BCUT2D eigenvalue weighted by Crippen LogP contribution is 2.67. The van der Waals surface area contributed by atoms with E-state index in [9.17, 15) is 14.3 Å². The van der Waals surface area contributed by atoms with Crippen molar-refractivity contribution in [1.82, 2.24) is 0 Å². The van der Waals surface area contributed by atoms with Crippen LogP contribution in [0.25, 0.3) is 0 Å². The normalized spacial score (nSPS) is 29.3. The van der Waals surface area contributed by atoms with Crippen LogP contribution in [0.3, 0.4) is 0 Å². The van der Waals surface area contributed by atoms with Crippen molar-refractivity contribution in [2.45, 2.75) is 214 Å². The molecule has 0 amide bonds. The highest BCUT2D eigenvalue weighted by Gasteiger charge is 2.59. The van der Waals surface area contributed by atoms with Crippen LogP contribution >= 0.6 is 7.82 Å². The molecule has 0 N–H and O–H groups in total. The summed E-state index contributed by atoms with van der Waals surface area (Å²) < 4.78 is 41.2. The van der Waals surface area contributed by atoms with Crippen LogP contribution in [0.15, 0.2) is 11.6 Å². The van der Waals surface area contributed by atoms with E-state index in [1.165, 1.54) is 121 Å². The fourth-order valence-corrected chi connectivity index (χ4v) is 13.1. The summed E-state index contributed by atoms with van der Waals surface area (Å²) in [5, 5.41) is 0. The maximum atomic E-state index is 13.2. The third-order valence-electron chi connectivity index (χ3n) is 16.2. The number of unbranched alkanes of at least 4 members (excludes halogenated alkanes) is 13. The summed E-state index contributed by atoms with van der Waals surface area (Å²) in [6.45, 7) is 15.2. The zero-order chi connectivity index (χ0) is 45.2. The van der Waals surface area contributed by atoms with E-state index in [1.54, 1.807) is 0 Å². The second-order valence-corrected chi connectivity index (χ2v) is 23.9. The topological polar surface area (TPSA) is 103 Å². The second-order valence-electron chi connectivity index (χ2n) is 22.5. The largest absolute Gasteiger partial charge is 0.756 e. The standard InChI is InChI=1S/C52H96NO8P/c1-10-11-12-13-14-15-16-17-18-19-20-21-22-23-36-57-45(40-60-62(55,56)59-37-35-53(7,8)9)39-58-50(54)61-44-31-33-51(5)43(38-44)27-28-46-48-30-29-47(42(4)26-24-25-41(2)3)52(48,6)34-32-49(46)51/h27,41-42,44-49H,10-26,28-40H2,1-9H3/t42-,44+,45?,46+,47-,48+,49+,51+,52-/m1/s1. The minimum atomic E-state index is -4.56. The molecule has 3 fully saturated rings. The van der Waals surface area contributed by atoms with Gasteiger partial charge in [-0.05, 0) is 97.7 Å². The monoisotopic (exact) mass is 894 g/mol. The number of fused-ring (bicyclic) bond motifs is 5. The zero-order valence-electron chi connectivity index (χ0n) is 41.6. The van der Waals surface area contributed by atoms with Gasteiger partial charge in [0.05, 0.1) is 27.7 Å². The predicted octanol–water partition coefficient (Wildman–Crippen LogP) is 13.6. The van der Waals surface area contributed by atoms with Crippen molar-refractivity contribution in [2.75, 3.05) is 54.1 Å². The lowest BCUT2D eigenvalue weighted by atomic mass is 9.47. The molecule has 4 aliphatic carbocycles. The number of rotatable bonds is 31. The molecular formula is C52H96NO8P. The molecule has 0 radical (unpaired) electrons. The smallest absolute Gasteiger partial charge is 0.508 e. The summed E-state index contributed by atoms with van der Waals surface area (Å²) in [6, 6.07) is 0. The van der Waals surface area contributed by atoms with Gasteiger partial charge in [-0.15, -0.1) is 0 Å². The van der Waals surface area contributed by atoms with Gasteiger partial charge in [0.25, 0.3) is 7.82 Å². The van der Waals surface area contributed by atoms with Crippen LogP contribution in [0.1, 0.15) is 202 Å². The van der Waals surface area contributed by atoms with E-state index in [2.05, 4.69) is 47.6 Å². The molecule has 10 heteroatoms. The number of phosphoric acid groups is 1. The number of ether oxygens (including phenoxy) is 3. The molecule has 10 atom stereocenters. The van der Waals surface area contributed by atoms with E-state index in [1.807, 2.05) is 21.1 Å². The average molecular weight is 894 g/mol. The molecule has 62 heavy (non-hydrogen) atoms. The van der Waals surface area contributed by atoms with Crippen molar-refractivity contribution in [1.29, 1.82) is 0 Å². The van der Waals surface area contributed by atoms with Gasteiger partial charge in [-0.1, -0.05) is 156 Å². The first-order chi connectivity index (χ1) is 29.5. The molecule has 0 bridgehead atoms. The lowest BCUT2D eigenvalue weighted by molar-refractivity contribution is -0.870. The van der Waals surface area contributed by atoms with Gasteiger partial charge in [-0.3, -0.25) is 4.57 Å². The number of carbonyl (C=O) groups excluding carboxylic acids is 1. The number of carbonyl (C=O) groups is 1. The zero-order valence-corrected chi connectivity index (χ0v) is 42.5. The fraction of sp³-hybridized carbons (Fsp3) is 0.942. The number of hydrogen-bond acceptors (Lipinski definition) is 8. The third kappa shape index (κ3) is 17.4. The van der Waals surface area contributed by atoms with E-state index in [0.29, 0.717) is 29.0 Å². The van der Waals surface area contributed by atoms with E-state index < -0.39 is 20.1 Å². The predicted molar refractivity (Wildman–Crippen MR) is 252 cm³/mol. The van der Waals surface area contributed by atoms with Crippen LogP contribution in [0.2, 0.25) is 0 Å². The first kappa shape index (κ1) is 53.7. The molecule has 0 aromatic carbocycles. The van der Waals surface area contributed by atoms with Crippen LogP contribution in [-0.4, -0.2) is 77.0 Å². The third-order valence-corrected chi connectivity index (χ3v) is 17.2. The number of hydrogen-bond donors (Lipinski definition) is 0. The Morgan fingerprint density at radius 3 is 2.06 bits per heavy atom. The van der Waals surface area contributed by atoms with Crippen molar-refractivity contribution in [3.05, 3.63) is 11.6 Å². The van der Waals surface area contributed by atoms with Crippen molar-refractivity contribution in [2.24, 2.45) is 46.3 Å². The molecule has 0 heterocycles. The fourth-order valence-electron chi connectivity index (χ4n) is 12.4. The van der Waals surface area contributed by atoms with Crippen LogP contribution in [0.5, 0.6) is 0 Å². The van der Waals surface area contributed by atoms with Gasteiger partial charge in [-0.25, -0.2) is 4.79 Å². The quantitative estimate of drug-likeness (QED) is 0.0223. The summed E-state index contributed by atoms with van der Waals surface area (Å²) in [7, 11) is 1.35. The molecule has 0 aromatic heterocycles. The van der Waals surface area contributed by atoms with E-state index in [-0.39, 0.29) is 31.3 Å². The Morgan fingerprint density at radius 1 is 0.790 bits per heavy atom. The Morgan fingerprint density at radius 2 is 1.44 bits per heavy atom. The average Bonchev–Trinajstić information content (AvgIpc) is 3.56. The summed E-state index contributed by atoms with van der Waals surface area (Å²) in [5.74, 6) is 4.73. The maximum absolute atomic E-state index is 13.2. The van der Waals surface area contributed by atoms with Crippen LogP contribution in [0.4, 0.5) is 4.79 Å². The first-order valence-electron chi connectivity index (χ1n) is 26.0. The lowest BCUT2D eigenvalue weighted by Crippen LogP contribution is -2.51. The minimum Gasteiger partial charge on any atom is -0.756 e. The maximum Gasteiger partial charge on any atom is 0.508 e. The lowest BCUT2D eigenvalue weighted by Gasteiger charge is -2.58. The Hall–Kier alpha value is -0.960. The number of allylic oxidation sites excluding steroid dienone is 1. The highest BCUT2D eigenvalue weighted by atomic mass is 31.2. The Balaban J connectivity index is 1.21. The van der Waals surface area contributed by atoms with Crippen LogP contribution in [0, 0.1) is 46.3 Å². The highest BCUT2D eigenvalue weighted by molar-refractivity contribution is 7.45. The van der Waals surface area contributed by atoms with Crippen molar-refractivity contribution in [3.8, 4) is 0 Å². The van der Waals surface area contributed by atoms with Crippen molar-refractivity contribution < 1.29 is 42.0 Å². The molecule has 0 aromatic rings. The van der Waals surface area contributed by atoms with Gasteiger partial charge in [0.1, 0.15) is 32.0 Å². The van der Waals surface area contributed by atoms with Gasteiger partial charge in [0, 0.05) is 13.0 Å². The number of quaternary nitrogens is 1. The molecule has 362 valence electrons. The molecule has 3 saturated carbocycles. The second kappa shape index (κ2) is 26.4. The summed E-state index contributed by atoms with van der Waals surface area (Å²) >= 11 is 0. The Kier molecular flexibility index (Phi) is 22.8. The van der Waals surface area contributed by atoms with Gasteiger partial charge in [0.2, 0.25) is 0 Å². The first-order valence-corrected chi connectivity index (χ1v) is 27.5. The van der Waals surface area contributed by atoms with Crippen LogP contribution in [-0.2, 0) is 27.8 Å². The molecule has 0 spiro atoms. The molecule has 0 saturated heterocycles. The summed E-state index contributed by atoms with van der Waals surface area (Å²) in [6.07, 6.45) is 31.9. The van der Waals surface area contributed by atoms with Crippen molar-refractivity contribution >= 4 is 14.0 Å².